The van der Waals surface area contributed by atoms with Gasteiger partial charge in [0.15, 0.2) is 23.4 Å². The Morgan fingerprint density at radius 1 is 1.04 bits per heavy atom. The van der Waals surface area contributed by atoms with Gasteiger partial charge >= 0.3 is 5.97 Å². The highest BCUT2D eigenvalue weighted by atomic mass is 16.5. The maximum Gasteiger partial charge on any atom is 0.315 e. The molecule has 3 aromatic carbocycles. The number of aromatic amines is 1. The SMILES string of the molecule is COC(=O)CC(=O)N[C@H]1Cc2ccc3c(c2)C24c5cccc(c5NC2O3)-c2cccc3[nH]cc(c23)-c2cnc(o2)-c2nc(oc24)[C@H](C(C)C)NC1=O. The number of anilines is 1. The lowest BCUT2D eigenvalue weighted by molar-refractivity contribution is -0.144. The van der Waals surface area contributed by atoms with Gasteiger partial charge < -0.3 is 39.2 Å². The Morgan fingerprint density at radius 2 is 1.88 bits per heavy atom. The normalized spacial score (nSPS) is 21.7. The van der Waals surface area contributed by atoms with Crippen LogP contribution in [0, 0.1) is 5.92 Å². The van der Waals surface area contributed by atoms with E-state index in [9.17, 15) is 14.4 Å². The summed E-state index contributed by atoms with van der Waals surface area (Å²) in [6.07, 6.45) is 2.58. The summed E-state index contributed by atoms with van der Waals surface area (Å²) in [6, 6.07) is 16.4. The van der Waals surface area contributed by atoms with Gasteiger partial charge in [-0.05, 0) is 29.2 Å². The molecule has 0 fully saturated rings. The number of para-hydroxylation sites is 1. The van der Waals surface area contributed by atoms with Crippen LogP contribution in [-0.2, 0) is 31.0 Å². The molecule has 260 valence electrons. The highest BCUT2D eigenvalue weighted by molar-refractivity contribution is 6.07. The van der Waals surface area contributed by atoms with Gasteiger partial charge in [0.1, 0.15) is 29.7 Å². The number of fused-ring (bicyclic) bond motifs is 7. The quantitative estimate of drug-likeness (QED) is 0.139. The minimum atomic E-state index is -1.08. The molecule has 13 heteroatoms. The summed E-state index contributed by atoms with van der Waals surface area (Å²) < 4.78 is 25.0. The third-order valence-corrected chi connectivity index (χ3v) is 10.7. The molecule has 7 heterocycles. The van der Waals surface area contributed by atoms with E-state index < -0.39 is 47.9 Å². The van der Waals surface area contributed by atoms with Crippen LogP contribution in [0.5, 0.6) is 5.75 Å². The zero-order valence-corrected chi connectivity index (χ0v) is 28.3. The molecule has 0 aliphatic carbocycles. The highest BCUT2D eigenvalue weighted by Crippen LogP contribution is 2.61. The monoisotopic (exact) mass is 696 g/mol. The van der Waals surface area contributed by atoms with Crippen molar-refractivity contribution in [2.45, 2.75) is 50.4 Å². The fraction of sp³-hybridized carbons (Fsp3) is 0.256. The van der Waals surface area contributed by atoms with Crippen LogP contribution in [0.25, 0.3) is 44.9 Å². The molecule has 52 heavy (non-hydrogen) atoms. The first kappa shape index (κ1) is 30.5. The van der Waals surface area contributed by atoms with Crippen LogP contribution in [0.4, 0.5) is 5.69 Å². The van der Waals surface area contributed by atoms with Crippen molar-refractivity contribution in [1.82, 2.24) is 25.6 Å². The number of carbonyl (C=O) groups excluding carboxylic acids is 3. The number of H-pyrrole nitrogens is 1. The van der Waals surface area contributed by atoms with Crippen molar-refractivity contribution < 1.29 is 32.7 Å². The second kappa shape index (κ2) is 10.8. The van der Waals surface area contributed by atoms with Crippen molar-refractivity contribution in [3.63, 3.8) is 0 Å². The molecule has 0 radical (unpaired) electrons. The fourth-order valence-corrected chi connectivity index (χ4v) is 8.31. The summed E-state index contributed by atoms with van der Waals surface area (Å²) in [6.45, 7) is 3.90. The molecule has 10 rings (SSSR count). The van der Waals surface area contributed by atoms with Crippen LogP contribution in [0.15, 0.2) is 75.8 Å². The molecule has 4 aliphatic rings. The number of ether oxygens (including phenoxy) is 2. The molecule has 1 spiro atoms. The molecule has 0 saturated heterocycles. The van der Waals surface area contributed by atoms with Crippen LogP contribution >= 0.6 is 0 Å². The second-order valence-electron chi connectivity index (χ2n) is 14.0. The lowest BCUT2D eigenvalue weighted by Crippen LogP contribution is -2.50. The van der Waals surface area contributed by atoms with E-state index in [1.54, 1.807) is 6.20 Å². The molecule has 2 unspecified atom stereocenters. The highest BCUT2D eigenvalue weighted by Gasteiger charge is 2.61. The largest absolute Gasteiger partial charge is 0.469 e. The number of esters is 1. The zero-order chi connectivity index (χ0) is 35.5. The number of nitrogens with zero attached hydrogens (tertiary/aromatic N) is 2. The number of rotatable bonds is 4. The number of oxazole rings is 2. The van der Waals surface area contributed by atoms with Crippen LogP contribution in [0.3, 0.4) is 0 Å². The summed E-state index contributed by atoms with van der Waals surface area (Å²) in [5.41, 5.74) is 6.46. The summed E-state index contributed by atoms with van der Waals surface area (Å²) >= 11 is 0. The van der Waals surface area contributed by atoms with Gasteiger partial charge in [-0.2, -0.15) is 0 Å². The molecular formula is C39H32N6O7. The topological polar surface area (TPSA) is 174 Å². The van der Waals surface area contributed by atoms with E-state index in [0.29, 0.717) is 23.0 Å². The number of carbonyl (C=O) groups is 3. The van der Waals surface area contributed by atoms with E-state index in [1.807, 2.05) is 56.4 Å². The predicted octanol–water partition coefficient (Wildman–Crippen LogP) is 5.35. The Labute approximate surface area is 296 Å². The van der Waals surface area contributed by atoms with E-state index in [1.165, 1.54) is 7.11 Å². The molecule has 4 atom stereocenters. The number of aromatic nitrogens is 3. The first-order chi connectivity index (χ1) is 25.2. The maximum atomic E-state index is 14.1. The number of nitrogens with one attached hydrogen (secondary N) is 4. The van der Waals surface area contributed by atoms with Crippen LogP contribution in [0.2, 0.25) is 0 Å². The van der Waals surface area contributed by atoms with Crippen LogP contribution < -0.4 is 20.7 Å². The minimum absolute atomic E-state index is 0.137. The molecule has 0 saturated carbocycles. The first-order valence-electron chi connectivity index (χ1n) is 17.2. The molecule has 6 aromatic rings. The summed E-state index contributed by atoms with van der Waals surface area (Å²) in [5.74, 6) is 0.175. The van der Waals surface area contributed by atoms with Crippen molar-refractivity contribution in [2.75, 3.05) is 12.4 Å². The Morgan fingerprint density at radius 3 is 2.73 bits per heavy atom. The van der Waals surface area contributed by atoms with Gasteiger partial charge in [-0.3, -0.25) is 14.4 Å². The van der Waals surface area contributed by atoms with Gasteiger partial charge in [0, 0.05) is 51.5 Å². The van der Waals surface area contributed by atoms with E-state index in [-0.39, 0.29) is 24.1 Å². The average Bonchev–Trinajstić information content (AvgIpc) is 3.95. The molecule has 4 aliphatic heterocycles. The van der Waals surface area contributed by atoms with Crippen molar-refractivity contribution >= 4 is 34.4 Å². The zero-order valence-electron chi connectivity index (χ0n) is 28.3. The number of hydrogen-bond donors (Lipinski definition) is 4. The smallest absolute Gasteiger partial charge is 0.315 e. The molecular weight excluding hydrogens is 664 g/mol. The van der Waals surface area contributed by atoms with Crippen molar-refractivity contribution in [3.8, 4) is 39.8 Å². The van der Waals surface area contributed by atoms with E-state index in [4.69, 9.17) is 28.3 Å². The van der Waals surface area contributed by atoms with Gasteiger partial charge in [-0.15, -0.1) is 0 Å². The Hall–Kier alpha value is -6.37. The number of methoxy groups -OCH3 is 1. The molecule has 10 bridgehead atoms. The summed E-state index contributed by atoms with van der Waals surface area (Å²) in [5, 5.41) is 10.6. The Balaban J connectivity index is 1.27. The maximum absolute atomic E-state index is 14.1. The average molecular weight is 697 g/mol. The van der Waals surface area contributed by atoms with Crippen molar-refractivity contribution in [1.29, 1.82) is 0 Å². The standard InChI is InChI=1S/C39H32N6O7/c1-17(2)31-37-44-33-34(52-37)39-22-8-4-7-20(19-6-5-9-24-30(19)21(15-40-24)27-16-41-36(33)50-27)32(22)45-38(39)51-26-11-10-18(12-23(26)39)13-25(35(48)43-31)42-28(46)14-29(47)49-3/h4-12,15-17,25,31,38,40,45H,13-14H2,1-3H3,(H,42,46)(H,43,48)/t25-,31-,38?,39?/m0/s1. The van der Waals surface area contributed by atoms with E-state index in [0.717, 1.165) is 50.0 Å². The van der Waals surface area contributed by atoms with Gasteiger partial charge in [0.05, 0.1) is 13.3 Å². The van der Waals surface area contributed by atoms with Crippen molar-refractivity contribution in [2.24, 2.45) is 5.92 Å². The van der Waals surface area contributed by atoms with Crippen LogP contribution in [-0.4, -0.2) is 52.1 Å². The van der Waals surface area contributed by atoms with Gasteiger partial charge in [0.25, 0.3) is 0 Å². The number of hydrogen-bond acceptors (Lipinski definition) is 10. The molecule has 2 amide bonds. The van der Waals surface area contributed by atoms with Gasteiger partial charge in [0.2, 0.25) is 23.6 Å². The third-order valence-electron chi connectivity index (χ3n) is 10.7. The molecule has 3 aromatic heterocycles. The van der Waals surface area contributed by atoms with Crippen molar-refractivity contribution in [3.05, 3.63) is 95.3 Å². The Bertz CT molecular complexity index is 2510. The Kier molecular flexibility index (Phi) is 6.33. The van der Waals surface area contributed by atoms with Gasteiger partial charge in [-0.25, -0.2) is 9.97 Å². The lowest BCUT2D eigenvalue weighted by Gasteiger charge is -2.28. The summed E-state index contributed by atoms with van der Waals surface area (Å²) in [7, 11) is 1.21. The second-order valence-corrected chi connectivity index (χ2v) is 14.0. The molecule has 4 N–H and O–H groups in total. The predicted molar refractivity (Wildman–Crippen MR) is 187 cm³/mol. The summed E-state index contributed by atoms with van der Waals surface area (Å²) in [4.78, 5) is 52.3. The molecule has 13 nitrogen and oxygen atoms in total. The fourth-order valence-electron chi connectivity index (χ4n) is 8.31. The third kappa shape index (κ3) is 4.13. The minimum Gasteiger partial charge on any atom is -0.469 e. The van der Waals surface area contributed by atoms with E-state index >= 15 is 0 Å². The number of benzene rings is 3. The van der Waals surface area contributed by atoms with Gasteiger partial charge in [-0.1, -0.05) is 56.3 Å². The number of amides is 2. The lowest BCUT2D eigenvalue weighted by atomic mass is 9.72. The van der Waals surface area contributed by atoms with Crippen LogP contribution in [0.1, 0.15) is 54.7 Å². The first-order valence-corrected chi connectivity index (χ1v) is 17.2. The van der Waals surface area contributed by atoms with E-state index in [2.05, 4.69) is 39.1 Å².